The Balaban J connectivity index is 1.02. The Labute approximate surface area is 500 Å². The van der Waals surface area contributed by atoms with E-state index in [1.807, 2.05) is 4.68 Å². The number of sulfonamides is 2. The summed E-state index contributed by atoms with van der Waals surface area (Å²) in [4.78, 5) is 96.1. The van der Waals surface area contributed by atoms with E-state index in [0.717, 1.165) is 44.3 Å². The molecule has 1 aromatic heterocycles. The number of nitrogens with zero attached hydrogens (tertiary/aromatic N) is 3. The van der Waals surface area contributed by atoms with Crippen molar-refractivity contribution in [2.24, 2.45) is 4.99 Å². The molecule has 25 nitrogen and oxygen atoms in total. The van der Waals surface area contributed by atoms with E-state index in [1.165, 1.54) is 48.5 Å². The minimum Gasteiger partial charge on any atom is -0.468 e. The minimum absolute atomic E-state index is 0.131. The first-order valence-corrected chi connectivity index (χ1v) is 31.0. The van der Waals surface area contributed by atoms with Gasteiger partial charge in [0, 0.05) is 62.9 Å². The average molecular weight is 1230 g/mol. The molecule has 4 aromatic carbocycles. The zero-order valence-electron chi connectivity index (χ0n) is 49.2. The molecule has 0 spiro atoms. The molecule has 0 saturated carbocycles. The number of hydrogen-bond donors (Lipinski definition) is 7. The van der Waals surface area contributed by atoms with Gasteiger partial charge in [-0.05, 0) is 126 Å². The number of fused-ring (bicyclic) bond motifs is 1. The summed E-state index contributed by atoms with van der Waals surface area (Å²) in [6.45, 7) is 10.8. The van der Waals surface area contributed by atoms with Gasteiger partial charge in [0.2, 0.25) is 31.9 Å². The molecule has 1 aliphatic rings. The summed E-state index contributed by atoms with van der Waals surface area (Å²) in [5.74, 6) is -3.53. The van der Waals surface area contributed by atoms with E-state index >= 15 is 0 Å². The molecule has 0 fully saturated rings. The Morgan fingerprint density at radius 1 is 0.663 bits per heavy atom. The van der Waals surface area contributed by atoms with Gasteiger partial charge in [0.25, 0.3) is 5.91 Å². The first-order chi connectivity index (χ1) is 40.7. The molecule has 0 aliphatic carbocycles. The summed E-state index contributed by atoms with van der Waals surface area (Å²) in [6.07, 6.45) is 2.62. The van der Waals surface area contributed by atoms with Gasteiger partial charge in [-0.15, -0.1) is 0 Å². The molecular formula is C59H76N10O15S2. The first-order valence-electron chi connectivity index (χ1n) is 28.0. The monoisotopic (exact) mass is 1230 g/mol. The number of hydrogen-bond acceptors (Lipinski definition) is 18. The van der Waals surface area contributed by atoms with Crippen LogP contribution in [-0.2, 0) is 76.1 Å². The predicted molar refractivity (Wildman–Crippen MR) is 318 cm³/mol. The highest BCUT2D eigenvalue weighted by Gasteiger charge is 2.31. The van der Waals surface area contributed by atoms with E-state index in [9.17, 15) is 50.4 Å². The first kappa shape index (κ1) is 66.9. The highest BCUT2D eigenvalue weighted by molar-refractivity contribution is 7.89. The molecule has 3 atom stereocenters. The molecule has 0 saturated heterocycles. The molecule has 464 valence electrons. The third-order valence-electron chi connectivity index (χ3n) is 12.9. The van der Waals surface area contributed by atoms with Crippen LogP contribution in [0.5, 0.6) is 0 Å². The normalized spacial score (nSPS) is 13.9. The van der Waals surface area contributed by atoms with Crippen molar-refractivity contribution in [1.29, 1.82) is 0 Å². The summed E-state index contributed by atoms with van der Waals surface area (Å²) in [5, 5.41) is 18.7. The maximum atomic E-state index is 13.9. The van der Waals surface area contributed by atoms with Crippen LogP contribution >= 0.6 is 0 Å². The lowest BCUT2D eigenvalue weighted by Gasteiger charge is -2.24. The number of amidine groups is 1. The molecule has 5 aromatic rings. The van der Waals surface area contributed by atoms with Crippen LogP contribution < -0.4 is 36.0 Å². The molecule has 1 aliphatic heterocycles. The molecule has 27 heteroatoms. The Kier molecular flexibility index (Phi) is 23.9. The third kappa shape index (κ3) is 21.4. The van der Waals surface area contributed by atoms with Crippen LogP contribution in [-0.4, -0.2) is 143 Å². The Morgan fingerprint density at radius 2 is 1.27 bits per heavy atom. The van der Waals surface area contributed by atoms with Crippen LogP contribution in [0, 0.1) is 0 Å². The summed E-state index contributed by atoms with van der Waals surface area (Å²) in [7, 11) is -7.46. The van der Waals surface area contributed by atoms with Crippen LogP contribution in [0.2, 0.25) is 0 Å². The molecule has 86 heavy (non-hydrogen) atoms. The van der Waals surface area contributed by atoms with E-state index in [0.29, 0.717) is 35.2 Å². The van der Waals surface area contributed by atoms with Gasteiger partial charge in [-0.25, -0.2) is 26.4 Å². The van der Waals surface area contributed by atoms with Crippen LogP contribution in [0.1, 0.15) is 102 Å². The molecule has 6 rings (SSSR count). The highest BCUT2D eigenvalue weighted by atomic mass is 32.2. The van der Waals surface area contributed by atoms with Gasteiger partial charge in [0.05, 0.1) is 41.0 Å². The third-order valence-corrected chi connectivity index (χ3v) is 15.8. The van der Waals surface area contributed by atoms with Crippen molar-refractivity contribution in [3.63, 3.8) is 0 Å². The van der Waals surface area contributed by atoms with Gasteiger partial charge < -0.3 is 45.5 Å². The fraction of sp³-hybridized carbons (Fsp3) is 0.441. The van der Waals surface area contributed by atoms with Gasteiger partial charge in [0.1, 0.15) is 35.9 Å². The smallest absolute Gasteiger partial charge is 0.408 e. The number of esters is 3. The molecule has 4 amide bonds. The molecule has 0 bridgehead atoms. The van der Waals surface area contributed by atoms with Gasteiger partial charge in [-0.3, -0.25) is 38.4 Å². The summed E-state index contributed by atoms with van der Waals surface area (Å²) >= 11 is 0. The van der Waals surface area contributed by atoms with Crippen molar-refractivity contribution in [2.75, 3.05) is 39.8 Å². The number of amides is 4. The summed E-state index contributed by atoms with van der Waals surface area (Å²) < 4.78 is 81.5. The van der Waals surface area contributed by atoms with E-state index in [-0.39, 0.29) is 60.7 Å². The lowest BCUT2D eigenvalue weighted by Crippen LogP contribution is -2.54. The number of nitrogens with one attached hydrogen (secondary N) is 7. The lowest BCUT2D eigenvalue weighted by molar-refractivity contribution is -0.156. The predicted octanol–water partition coefficient (Wildman–Crippen LogP) is 4.54. The van der Waals surface area contributed by atoms with Crippen LogP contribution in [0.15, 0.2) is 118 Å². The van der Waals surface area contributed by atoms with Crippen molar-refractivity contribution >= 4 is 78.5 Å². The van der Waals surface area contributed by atoms with Crippen molar-refractivity contribution in [2.45, 2.75) is 139 Å². The van der Waals surface area contributed by atoms with Crippen LogP contribution in [0.25, 0.3) is 22.0 Å². The second-order valence-corrected chi connectivity index (χ2v) is 25.5. The molecule has 0 radical (unpaired) electrons. The number of aromatic nitrogens is 2. The molecule has 7 N–H and O–H groups in total. The number of carbonyl (C=O) groups is 7. The second-order valence-electron chi connectivity index (χ2n) is 22.1. The van der Waals surface area contributed by atoms with E-state index in [2.05, 4.69) is 46.1 Å². The number of aliphatic imine (C=N–C) groups is 1. The Bertz CT molecular complexity index is 3440. The quantitative estimate of drug-likeness (QED) is 0.0205. The maximum absolute atomic E-state index is 13.9. The zero-order valence-corrected chi connectivity index (χ0v) is 50.9. The fourth-order valence-corrected chi connectivity index (χ4v) is 10.9. The largest absolute Gasteiger partial charge is 0.468 e. The van der Waals surface area contributed by atoms with Crippen molar-refractivity contribution in [1.82, 2.24) is 45.8 Å². The van der Waals surface area contributed by atoms with Gasteiger partial charge in [-0.1, -0.05) is 54.6 Å². The van der Waals surface area contributed by atoms with E-state index in [1.54, 1.807) is 96.3 Å². The van der Waals surface area contributed by atoms with E-state index < -0.39 is 97.6 Å². The SMILES string of the molecule is COC(=O)C(CNC(=O)c1ccc2c(cnn2CCNC2=NCCCC2)c1)NS(=O)(=O)c1ccc(-c2ccc(S(=O)(=O)NCCNC(=O)C(CCC(=O)OC(C)(C)C)NC(=O)C(CCC(=O)OC(C)(C)C)NC(=O)OCc3ccccc3)cc2)cc1. The van der Waals surface area contributed by atoms with Gasteiger partial charge in [-0.2, -0.15) is 9.82 Å². The number of benzene rings is 4. The van der Waals surface area contributed by atoms with Crippen molar-refractivity contribution < 1.29 is 69.3 Å². The highest BCUT2D eigenvalue weighted by Crippen LogP contribution is 2.24. The Hall–Kier alpha value is -8.27. The van der Waals surface area contributed by atoms with Crippen molar-refractivity contribution in [3.05, 3.63) is 114 Å². The number of carbonyl (C=O) groups excluding carboxylic acids is 7. The molecular weight excluding hydrogens is 1150 g/mol. The van der Waals surface area contributed by atoms with Gasteiger partial charge in [0.15, 0.2) is 0 Å². The zero-order chi connectivity index (χ0) is 62.7. The standard InChI is InChI=1S/C59H76N10O15S2/c1-58(2,3)83-51(70)28-25-46(66-55(74)47(26-29-52(71)84-59(4,5)6)67-57(76)82-38-39-13-9-8-10-14-39)54(73)62-31-32-65-85(77,78)44-21-16-40(17-22-44)41-18-23-45(24-19-41)86(79,80)68-48(56(75)81-7)37-63-53(72)42-20-27-49-43(35-42)36-64-69(49)34-33-61-50-15-11-12-30-60-50/h8-10,13-14,16-24,27,35-36,46-48,65,68H,11-12,15,25-26,28-34,37-38H2,1-7H3,(H,60,61)(H,62,73)(H,63,72)(H,66,74)(H,67,76). The fourth-order valence-electron chi connectivity index (χ4n) is 8.68. The second kappa shape index (κ2) is 30.7. The van der Waals surface area contributed by atoms with Gasteiger partial charge >= 0.3 is 24.0 Å². The average Bonchev–Trinajstić information content (AvgIpc) is 2.61. The summed E-state index contributed by atoms with van der Waals surface area (Å²) in [6, 6.07) is 20.7. The molecule has 3 unspecified atom stereocenters. The Morgan fingerprint density at radius 3 is 1.85 bits per heavy atom. The number of rotatable bonds is 28. The van der Waals surface area contributed by atoms with E-state index in [4.69, 9.17) is 18.9 Å². The van der Waals surface area contributed by atoms with Crippen LogP contribution in [0.4, 0.5) is 4.79 Å². The number of methoxy groups -OCH3 is 1. The molecule has 2 heterocycles. The topological polar surface area (TPSA) is 339 Å². The number of alkyl carbamates (subject to hydrolysis) is 1. The lowest BCUT2D eigenvalue weighted by atomic mass is 10.1. The summed E-state index contributed by atoms with van der Waals surface area (Å²) in [5.41, 5.74) is 1.07. The maximum Gasteiger partial charge on any atom is 0.408 e. The van der Waals surface area contributed by atoms with Crippen LogP contribution in [0.3, 0.4) is 0 Å². The van der Waals surface area contributed by atoms with Crippen molar-refractivity contribution in [3.8, 4) is 11.1 Å². The minimum atomic E-state index is -4.37. The number of ether oxygens (including phenoxy) is 4.